The van der Waals surface area contributed by atoms with Gasteiger partial charge in [0, 0.05) is 5.41 Å². The Labute approximate surface area is 254 Å². The lowest BCUT2D eigenvalue weighted by atomic mass is 9.76. The van der Waals surface area contributed by atoms with Gasteiger partial charge in [-0.2, -0.15) is 0 Å². The number of aliphatic hydroxyl groups is 1. The predicted octanol–water partition coefficient (Wildman–Crippen LogP) is 5.85. The van der Waals surface area contributed by atoms with E-state index in [-0.39, 0.29) is 24.3 Å². The number of amides is 2. The summed E-state index contributed by atoms with van der Waals surface area (Å²) >= 11 is 0. The molecule has 0 saturated heterocycles. The molecular weight excluding hydrogens is 540 g/mol. The molecule has 0 aliphatic rings. The van der Waals surface area contributed by atoms with Gasteiger partial charge < -0.3 is 25.7 Å². The van der Waals surface area contributed by atoms with E-state index in [0.717, 1.165) is 33.6 Å². The molecule has 9 heteroatoms. The third-order valence-electron chi connectivity index (χ3n) is 8.94. The summed E-state index contributed by atoms with van der Waals surface area (Å²) in [6, 6.07) is 16.4. The van der Waals surface area contributed by atoms with Gasteiger partial charge in [-0.05, 0) is 55.9 Å². The largest absolute Gasteiger partial charge is 0.389 e. The molecule has 0 aliphatic carbocycles. The summed E-state index contributed by atoms with van der Waals surface area (Å²) in [5, 5.41) is 16.2. The molecule has 0 spiro atoms. The SMILES string of the molecule is CC(C)C(C)(C)C(=O)NCc1ncc(-c2ccc(-c3ccc(-c4cnc(CNC(=O)C(C)(C)C(C)(C)O)[nH]4)cc3)cc2)[nH]1. The average Bonchev–Trinajstić information content (AvgIpc) is 3.64. The zero-order chi connectivity index (χ0) is 31.6. The minimum atomic E-state index is -1.15. The first-order valence-electron chi connectivity index (χ1n) is 14.7. The fourth-order valence-electron chi connectivity index (χ4n) is 4.20. The van der Waals surface area contributed by atoms with Crippen molar-refractivity contribution in [2.75, 3.05) is 0 Å². The Balaban J connectivity index is 1.35. The number of nitrogens with zero attached hydrogens (tertiary/aromatic N) is 2. The molecule has 43 heavy (non-hydrogen) atoms. The number of nitrogens with one attached hydrogen (secondary N) is 4. The van der Waals surface area contributed by atoms with Crippen LogP contribution < -0.4 is 10.6 Å². The van der Waals surface area contributed by atoms with E-state index in [2.05, 4.69) is 67.0 Å². The van der Waals surface area contributed by atoms with Crippen LogP contribution in [0.5, 0.6) is 0 Å². The molecule has 4 aromatic rings. The molecule has 0 saturated carbocycles. The molecule has 2 aromatic heterocycles. The second-order valence-corrected chi connectivity index (χ2v) is 13.1. The molecule has 5 N–H and O–H groups in total. The first-order chi connectivity index (χ1) is 20.1. The van der Waals surface area contributed by atoms with E-state index in [9.17, 15) is 14.7 Å². The van der Waals surface area contributed by atoms with E-state index in [0.29, 0.717) is 18.2 Å². The highest BCUT2D eigenvalue weighted by molar-refractivity contribution is 5.83. The molecule has 228 valence electrons. The van der Waals surface area contributed by atoms with E-state index >= 15 is 0 Å². The van der Waals surface area contributed by atoms with Gasteiger partial charge in [0.2, 0.25) is 11.8 Å². The van der Waals surface area contributed by atoms with Crippen LogP contribution in [0.4, 0.5) is 0 Å². The first kappa shape index (κ1) is 31.7. The highest BCUT2D eigenvalue weighted by Gasteiger charge is 2.41. The number of imidazole rings is 2. The van der Waals surface area contributed by atoms with Crippen molar-refractivity contribution >= 4 is 11.8 Å². The topological polar surface area (TPSA) is 136 Å². The van der Waals surface area contributed by atoms with Gasteiger partial charge in [0.25, 0.3) is 0 Å². The van der Waals surface area contributed by atoms with Gasteiger partial charge in [-0.15, -0.1) is 0 Å². The number of hydrogen-bond donors (Lipinski definition) is 5. The van der Waals surface area contributed by atoms with E-state index < -0.39 is 16.4 Å². The summed E-state index contributed by atoms with van der Waals surface area (Å²) < 4.78 is 0. The number of aromatic amines is 2. The highest BCUT2D eigenvalue weighted by atomic mass is 16.3. The lowest BCUT2D eigenvalue weighted by molar-refractivity contribution is -0.142. The van der Waals surface area contributed by atoms with Gasteiger partial charge in [-0.25, -0.2) is 9.97 Å². The molecule has 0 aliphatic heterocycles. The second kappa shape index (κ2) is 12.2. The molecule has 2 aromatic carbocycles. The van der Waals surface area contributed by atoms with Crippen molar-refractivity contribution in [3.05, 3.63) is 72.6 Å². The summed E-state index contributed by atoms with van der Waals surface area (Å²) in [6.07, 6.45) is 3.54. The van der Waals surface area contributed by atoms with Gasteiger partial charge in [0.05, 0.1) is 47.9 Å². The number of hydrogen-bond acceptors (Lipinski definition) is 5. The van der Waals surface area contributed by atoms with Crippen LogP contribution in [0, 0.1) is 16.7 Å². The second-order valence-electron chi connectivity index (χ2n) is 13.1. The minimum absolute atomic E-state index is 0.0138. The van der Waals surface area contributed by atoms with E-state index in [4.69, 9.17) is 0 Å². The number of carbonyl (C=O) groups is 2. The standard InChI is InChI=1S/C34H44N6O3/c1-21(2)32(3,4)30(41)37-19-28-35-17-26(39-28)24-13-9-22(10-14-24)23-11-15-25(16-12-23)27-18-36-29(40-27)20-38-31(42)33(5,6)34(7,8)43/h9-18,21,43H,19-20H2,1-8H3,(H,35,39)(H,36,40)(H,37,41)(H,38,42). The molecule has 0 unspecified atom stereocenters. The fraction of sp³-hybridized carbons (Fsp3) is 0.412. The third kappa shape index (κ3) is 7.05. The normalized spacial score (nSPS) is 12.4. The average molecular weight is 585 g/mol. The smallest absolute Gasteiger partial charge is 0.228 e. The first-order valence-corrected chi connectivity index (χ1v) is 14.7. The Bertz CT molecular complexity index is 1550. The van der Waals surface area contributed by atoms with Crippen LogP contribution in [0.25, 0.3) is 33.6 Å². The molecular formula is C34H44N6O3. The number of rotatable bonds is 11. The van der Waals surface area contributed by atoms with Crippen molar-refractivity contribution in [1.29, 1.82) is 0 Å². The van der Waals surface area contributed by atoms with E-state index in [1.807, 2.05) is 39.8 Å². The van der Waals surface area contributed by atoms with Crippen molar-refractivity contribution in [3.8, 4) is 33.6 Å². The van der Waals surface area contributed by atoms with Crippen LogP contribution in [0.2, 0.25) is 0 Å². The molecule has 2 amide bonds. The summed E-state index contributed by atoms with van der Waals surface area (Å²) in [5.74, 6) is 1.36. The van der Waals surface area contributed by atoms with Crippen LogP contribution in [-0.4, -0.2) is 42.5 Å². The van der Waals surface area contributed by atoms with Crippen molar-refractivity contribution in [2.24, 2.45) is 16.7 Å². The van der Waals surface area contributed by atoms with Crippen LogP contribution >= 0.6 is 0 Å². The molecule has 4 rings (SSSR count). The van der Waals surface area contributed by atoms with Gasteiger partial charge in [-0.3, -0.25) is 9.59 Å². The lowest BCUT2D eigenvalue weighted by Gasteiger charge is -2.35. The van der Waals surface area contributed by atoms with Gasteiger partial charge in [-0.1, -0.05) is 76.2 Å². The predicted molar refractivity (Wildman–Crippen MR) is 169 cm³/mol. The van der Waals surface area contributed by atoms with Crippen molar-refractivity contribution in [1.82, 2.24) is 30.6 Å². The summed E-state index contributed by atoms with van der Waals surface area (Å²) in [6.45, 7) is 15.3. The van der Waals surface area contributed by atoms with Crippen molar-refractivity contribution in [2.45, 2.75) is 74.1 Å². The maximum atomic E-state index is 12.6. The molecule has 0 fully saturated rings. The lowest BCUT2D eigenvalue weighted by Crippen LogP contribution is -2.50. The highest BCUT2D eigenvalue weighted by Crippen LogP contribution is 2.31. The van der Waals surface area contributed by atoms with Crippen LogP contribution in [0.3, 0.4) is 0 Å². The van der Waals surface area contributed by atoms with E-state index in [1.54, 1.807) is 40.1 Å². The molecule has 0 atom stereocenters. The molecule has 0 bridgehead atoms. The van der Waals surface area contributed by atoms with Crippen molar-refractivity contribution < 1.29 is 14.7 Å². The Hall–Kier alpha value is -4.24. The quantitative estimate of drug-likeness (QED) is 0.151. The Morgan fingerprint density at radius 3 is 1.44 bits per heavy atom. The van der Waals surface area contributed by atoms with Crippen LogP contribution in [-0.2, 0) is 22.7 Å². The third-order valence-corrected chi connectivity index (χ3v) is 8.94. The number of aromatic nitrogens is 4. The Morgan fingerprint density at radius 2 is 1.07 bits per heavy atom. The number of H-pyrrole nitrogens is 2. The summed E-state index contributed by atoms with van der Waals surface area (Å²) in [5.41, 5.74) is 3.36. The van der Waals surface area contributed by atoms with Crippen molar-refractivity contribution in [3.63, 3.8) is 0 Å². The maximum Gasteiger partial charge on any atom is 0.228 e. The minimum Gasteiger partial charge on any atom is -0.389 e. The molecule has 0 radical (unpaired) electrons. The molecule has 2 heterocycles. The Kier molecular flexibility index (Phi) is 8.97. The summed E-state index contributed by atoms with van der Waals surface area (Å²) in [7, 11) is 0. The van der Waals surface area contributed by atoms with E-state index in [1.165, 1.54) is 0 Å². The number of carbonyl (C=O) groups excluding carboxylic acids is 2. The van der Waals surface area contributed by atoms with Gasteiger partial charge in [0.1, 0.15) is 11.6 Å². The fourth-order valence-corrected chi connectivity index (χ4v) is 4.20. The van der Waals surface area contributed by atoms with Gasteiger partial charge in [0.15, 0.2) is 0 Å². The van der Waals surface area contributed by atoms with Gasteiger partial charge >= 0.3 is 0 Å². The Morgan fingerprint density at radius 1 is 0.698 bits per heavy atom. The van der Waals surface area contributed by atoms with Crippen LogP contribution in [0.15, 0.2) is 60.9 Å². The van der Waals surface area contributed by atoms with Crippen LogP contribution in [0.1, 0.15) is 67.0 Å². The maximum absolute atomic E-state index is 12.6. The zero-order valence-electron chi connectivity index (χ0n) is 26.4. The zero-order valence-corrected chi connectivity index (χ0v) is 26.4. The number of benzene rings is 2. The summed E-state index contributed by atoms with van der Waals surface area (Å²) in [4.78, 5) is 40.6. The monoisotopic (exact) mass is 584 g/mol. The molecule has 9 nitrogen and oxygen atoms in total.